The van der Waals surface area contributed by atoms with Gasteiger partial charge in [0.1, 0.15) is 0 Å². The first-order valence-corrected chi connectivity index (χ1v) is 8.77. The van der Waals surface area contributed by atoms with Crippen molar-refractivity contribution < 1.29 is 0 Å². The lowest BCUT2D eigenvalue weighted by Crippen LogP contribution is -2.35. The number of piperidine rings is 1. The van der Waals surface area contributed by atoms with Crippen molar-refractivity contribution in [3.8, 4) is 0 Å². The molecule has 0 aromatic carbocycles. The van der Waals surface area contributed by atoms with Crippen LogP contribution in [0.2, 0.25) is 0 Å². The number of aromatic nitrogens is 1. The maximum absolute atomic E-state index is 4.51. The number of hydrogen-bond donors (Lipinski definition) is 1. The van der Waals surface area contributed by atoms with Crippen molar-refractivity contribution in [2.24, 2.45) is 5.92 Å². The minimum absolute atomic E-state index is 0.433. The molecule has 20 heavy (non-hydrogen) atoms. The second kappa shape index (κ2) is 7.53. The van der Waals surface area contributed by atoms with Gasteiger partial charge in [-0.25, -0.2) is 4.98 Å². The fraction of sp³-hybridized carbons (Fsp3) is 0.812. The first-order valence-electron chi connectivity index (χ1n) is 7.96. The zero-order valence-electron chi connectivity index (χ0n) is 13.4. The molecule has 0 spiro atoms. The molecule has 1 saturated heterocycles. The molecule has 2 rings (SSSR count). The number of aryl methyl sites for hydroxylation is 2. The molecule has 1 aliphatic heterocycles. The number of nitrogens with zero attached hydrogens (tertiary/aromatic N) is 2. The number of rotatable bonds is 6. The minimum Gasteiger partial charge on any atom is -0.309 e. The molecule has 2 heterocycles. The quantitative estimate of drug-likeness (QED) is 0.814. The Hall–Kier alpha value is -0.450. The Balaban J connectivity index is 1.64. The third-order valence-electron chi connectivity index (χ3n) is 4.31. The summed E-state index contributed by atoms with van der Waals surface area (Å²) in [7, 11) is 0. The van der Waals surface area contributed by atoms with E-state index in [1.165, 1.54) is 54.5 Å². The van der Waals surface area contributed by atoms with Crippen molar-refractivity contribution in [2.75, 3.05) is 26.2 Å². The van der Waals surface area contributed by atoms with Crippen LogP contribution in [0.15, 0.2) is 0 Å². The standard InChI is InChI=1S/C16H29N3S/c1-12-6-10-19(11-7-12)9-5-8-17-13(2)16-14(3)18-15(4)20-16/h12-13,17H,5-11H2,1-4H3. The van der Waals surface area contributed by atoms with E-state index in [2.05, 4.69) is 42.9 Å². The molecule has 1 fully saturated rings. The summed E-state index contributed by atoms with van der Waals surface area (Å²) in [6.45, 7) is 13.8. The number of thiazole rings is 1. The average Bonchev–Trinajstić information content (AvgIpc) is 2.75. The Labute approximate surface area is 127 Å². The van der Waals surface area contributed by atoms with Crippen molar-refractivity contribution in [2.45, 2.75) is 53.0 Å². The van der Waals surface area contributed by atoms with Crippen LogP contribution in [0.4, 0.5) is 0 Å². The van der Waals surface area contributed by atoms with Gasteiger partial charge in [0.25, 0.3) is 0 Å². The van der Waals surface area contributed by atoms with Gasteiger partial charge in [-0.1, -0.05) is 6.92 Å². The topological polar surface area (TPSA) is 28.2 Å². The lowest BCUT2D eigenvalue weighted by atomic mass is 9.99. The fourth-order valence-corrected chi connectivity index (χ4v) is 3.90. The summed E-state index contributed by atoms with van der Waals surface area (Å²) in [4.78, 5) is 8.53. The second-order valence-corrected chi connectivity index (χ2v) is 7.47. The largest absolute Gasteiger partial charge is 0.309 e. The van der Waals surface area contributed by atoms with E-state index in [1.54, 1.807) is 0 Å². The highest BCUT2D eigenvalue weighted by atomic mass is 32.1. The van der Waals surface area contributed by atoms with Gasteiger partial charge >= 0.3 is 0 Å². The van der Waals surface area contributed by atoms with Crippen LogP contribution in [-0.4, -0.2) is 36.1 Å². The molecule has 1 atom stereocenters. The molecule has 3 nitrogen and oxygen atoms in total. The summed E-state index contributed by atoms with van der Waals surface area (Å²) in [5, 5.41) is 4.82. The summed E-state index contributed by atoms with van der Waals surface area (Å²) in [5.74, 6) is 0.932. The number of hydrogen-bond acceptors (Lipinski definition) is 4. The molecule has 0 amide bonds. The van der Waals surface area contributed by atoms with Crippen LogP contribution < -0.4 is 5.32 Å². The zero-order valence-corrected chi connectivity index (χ0v) is 14.2. The van der Waals surface area contributed by atoms with Gasteiger partial charge in [-0.05, 0) is 72.1 Å². The lowest BCUT2D eigenvalue weighted by Gasteiger charge is -2.30. The van der Waals surface area contributed by atoms with Gasteiger partial charge in [0.05, 0.1) is 10.7 Å². The molecule has 1 aromatic rings. The first-order chi connectivity index (χ1) is 9.56. The Kier molecular flexibility index (Phi) is 6.00. The average molecular weight is 295 g/mol. The Morgan fingerprint density at radius 2 is 2.05 bits per heavy atom. The van der Waals surface area contributed by atoms with Crippen molar-refractivity contribution in [3.63, 3.8) is 0 Å². The highest BCUT2D eigenvalue weighted by Gasteiger charge is 2.15. The van der Waals surface area contributed by atoms with Gasteiger partial charge in [0.2, 0.25) is 0 Å². The van der Waals surface area contributed by atoms with Crippen LogP contribution in [0, 0.1) is 19.8 Å². The van der Waals surface area contributed by atoms with Gasteiger partial charge < -0.3 is 10.2 Å². The highest BCUT2D eigenvalue weighted by Crippen LogP contribution is 2.24. The van der Waals surface area contributed by atoms with Gasteiger partial charge in [0.15, 0.2) is 0 Å². The molecule has 1 N–H and O–H groups in total. The molecule has 0 saturated carbocycles. The molecule has 0 bridgehead atoms. The highest BCUT2D eigenvalue weighted by molar-refractivity contribution is 7.11. The van der Waals surface area contributed by atoms with E-state index in [4.69, 9.17) is 0 Å². The van der Waals surface area contributed by atoms with Crippen LogP contribution in [0.5, 0.6) is 0 Å². The predicted octanol–water partition coefficient (Wildman–Crippen LogP) is 3.53. The summed E-state index contributed by atoms with van der Waals surface area (Å²) in [6, 6.07) is 0.433. The normalized spacial score (nSPS) is 19.4. The van der Waals surface area contributed by atoms with Crippen molar-refractivity contribution in [1.29, 1.82) is 0 Å². The molecule has 1 aliphatic rings. The lowest BCUT2D eigenvalue weighted by molar-refractivity contribution is 0.190. The Bertz CT molecular complexity index is 408. The van der Waals surface area contributed by atoms with E-state index in [0.29, 0.717) is 6.04 Å². The summed E-state index contributed by atoms with van der Waals surface area (Å²) >= 11 is 1.82. The van der Waals surface area contributed by atoms with E-state index in [0.717, 1.165) is 12.5 Å². The third kappa shape index (κ3) is 4.54. The molecule has 1 unspecified atom stereocenters. The van der Waals surface area contributed by atoms with Crippen LogP contribution in [0.1, 0.15) is 54.7 Å². The zero-order chi connectivity index (χ0) is 14.5. The van der Waals surface area contributed by atoms with Crippen LogP contribution >= 0.6 is 11.3 Å². The maximum Gasteiger partial charge on any atom is 0.0900 e. The smallest absolute Gasteiger partial charge is 0.0900 e. The van der Waals surface area contributed by atoms with Crippen molar-refractivity contribution in [1.82, 2.24) is 15.2 Å². The Morgan fingerprint density at radius 3 is 2.65 bits per heavy atom. The molecule has 4 heteroatoms. The van der Waals surface area contributed by atoms with Crippen LogP contribution in [0.3, 0.4) is 0 Å². The van der Waals surface area contributed by atoms with E-state index in [-0.39, 0.29) is 0 Å². The van der Waals surface area contributed by atoms with Crippen molar-refractivity contribution in [3.05, 3.63) is 15.6 Å². The summed E-state index contributed by atoms with van der Waals surface area (Å²) in [6.07, 6.45) is 4.00. The van der Waals surface area contributed by atoms with Gasteiger partial charge in [-0.15, -0.1) is 11.3 Å². The molecule has 0 aliphatic carbocycles. The van der Waals surface area contributed by atoms with Crippen LogP contribution in [-0.2, 0) is 0 Å². The fourth-order valence-electron chi connectivity index (χ4n) is 2.95. The maximum atomic E-state index is 4.51. The molecule has 1 aromatic heterocycles. The monoisotopic (exact) mass is 295 g/mol. The van der Waals surface area contributed by atoms with E-state index >= 15 is 0 Å². The van der Waals surface area contributed by atoms with Crippen LogP contribution in [0.25, 0.3) is 0 Å². The summed E-state index contributed by atoms with van der Waals surface area (Å²) in [5.41, 5.74) is 1.19. The van der Waals surface area contributed by atoms with Gasteiger partial charge in [0, 0.05) is 10.9 Å². The first kappa shape index (κ1) is 15.9. The number of likely N-dealkylation sites (tertiary alicyclic amines) is 1. The Morgan fingerprint density at radius 1 is 1.35 bits per heavy atom. The molecular weight excluding hydrogens is 266 g/mol. The molecular formula is C16H29N3S. The van der Waals surface area contributed by atoms with Gasteiger partial charge in [-0.2, -0.15) is 0 Å². The van der Waals surface area contributed by atoms with Crippen molar-refractivity contribution >= 4 is 11.3 Å². The summed E-state index contributed by atoms with van der Waals surface area (Å²) < 4.78 is 0. The van der Waals surface area contributed by atoms with E-state index in [1.807, 2.05) is 11.3 Å². The molecule has 0 radical (unpaired) electrons. The predicted molar refractivity (Wildman–Crippen MR) is 87.5 cm³/mol. The minimum atomic E-state index is 0.433. The van der Waals surface area contributed by atoms with Gasteiger partial charge in [-0.3, -0.25) is 0 Å². The molecule has 114 valence electrons. The third-order valence-corrected chi connectivity index (χ3v) is 5.57. The number of nitrogens with one attached hydrogen (secondary N) is 1. The van der Waals surface area contributed by atoms with E-state index < -0.39 is 0 Å². The second-order valence-electron chi connectivity index (χ2n) is 6.24. The van der Waals surface area contributed by atoms with E-state index in [9.17, 15) is 0 Å². The SMILES string of the molecule is Cc1nc(C)c(C(C)NCCCN2CCC(C)CC2)s1.